The Balaban J connectivity index is 1.41. The molecule has 1 aliphatic rings. The molecule has 0 saturated carbocycles. The summed E-state index contributed by atoms with van der Waals surface area (Å²) in [5.41, 5.74) is 4.67. The number of carbonyl (C=O) groups excluding carboxylic acids is 3. The monoisotopic (exact) mass is 530 g/mol. The van der Waals surface area contributed by atoms with E-state index in [1.807, 2.05) is 26.0 Å². The Morgan fingerprint density at radius 1 is 0.919 bits per heavy atom. The molecule has 1 N–H and O–H groups in total. The van der Waals surface area contributed by atoms with Crippen LogP contribution in [0, 0.1) is 13.8 Å². The lowest BCUT2D eigenvalue weighted by Crippen LogP contribution is -2.29. The number of hydrogen-bond donors (Lipinski definition) is 1. The molecular formula is C28H20Cl2N4O3. The average molecular weight is 531 g/mol. The number of nitrogens with zero attached hydrogens (tertiary/aromatic N) is 3. The number of carbonyl (C=O) groups is 3. The van der Waals surface area contributed by atoms with Gasteiger partial charge in [0.1, 0.15) is 0 Å². The van der Waals surface area contributed by atoms with Gasteiger partial charge < -0.3 is 5.32 Å². The standard InChI is InChI=1S/C28H20Cl2N4O3/c1-15-7-8-17(14-34-27(36)19-5-3-4-6-20(19)28(34)37)16(2)24(15)33-26(35)25-31-12-11-23(32-25)21-13-18(29)9-10-22(21)30/h3-13H,14H2,1-2H3,(H,33,35). The zero-order valence-corrected chi connectivity index (χ0v) is 21.4. The van der Waals surface area contributed by atoms with E-state index in [0.717, 1.165) is 16.7 Å². The summed E-state index contributed by atoms with van der Waals surface area (Å²) in [6, 6.07) is 17.1. The second kappa shape index (κ2) is 9.76. The van der Waals surface area contributed by atoms with Gasteiger partial charge in [-0.15, -0.1) is 0 Å². The second-order valence-corrected chi connectivity index (χ2v) is 9.47. The van der Waals surface area contributed by atoms with Crippen molar-refractivity contribution < 1.29 is 14.4 Å². The fraction of sp³-hybridized carbons (Fsp3) is 0.107. The fourth-order valence-corrected chi connectivity index (χ4v) is 4.67. The van der Waals surface area contributed by atoms with E-state index in [-0.39, 0.29) is 24.2 Å². The van der Waals surface area contributed by atoms with Crippen LogP contribution in [0.15, 0.2) is 66.9 Å². The number of rotatable bonds is 5. The second-order valence-electron chi connectivity index (χ2n) is 8.63. The maximum atomic E-state index is 13.1. The molecule has 0 bridgehead atoms. The van der Waals surface area contributed by atoms with Crippen LogP contribution in [-0.4, -0.2) is 32.6 Å². The first-order valence-electron chi connectivity index (χ1n) is 11.4. The molecule has 0 atom stereocenters. The number of anilines is 1. The van der Waals surface area contributed by atoms with Crippen molar-refractivity contribution in [2.24, 2.45) is 0 Å². The van der Waals surface area contributed by atoms with Crippen molar-refractivity contribution >= 4 is 46.6 Å². The van der Waals surface area contributed by atoms with Crippen LogP contribution in [0.5, 0.6) is 0 Å². The highest BCUT2D eigenvalue weighted by Crippen LogP contribution is 2.31. The van der Waals surface area contributed by atoms with Crippen LogP contribution in [0.3, 0.4) is 0 Å². The molecule has 3 amide bonds. The number of benzene rings is 3. The lowest BCUT2D eigenvalue weighted by atomic mass is 10.0. The van der Waals surface area contributed by atoms with Gasteiger partial charge in [0.15, 0.2) is 0 Å². The molecule has 0 spiro atoms. The van der Waals surface area contributed by atoms with Gasteiger partial charge in [-0.3, -0.25) is 19.3 Å². The first-order valence-corrected chi connectivity index (χ1v) is 12.1. The average Bonchev–Trinajstić information content (AvgIpc) is 3.14. The van der Waals surface area contributed by atoms with Gasteiger partial charge >= 0.3 is 0 Å². The van der Waals surface area contributed by atoms with Crippen LogP contribution < -0.4 is 5.32 Å². The topological polar surface area (TPSA) is 92.3 Å². The summed E-state index contributed by atoms with van der Waals surface area (Å²) >= 11 is 12.4. The molecule has 2 heterocycles. The third kappa shape index (κ3) is 4.59. The molecule has 0 fully saturated rings. The molecule has 3 aromatic carbocycles. The Labute approximate surface area is 223 Å². The van der Waals surface area contributed by atoms with Gasteiger partial charge in [-0.1, -0.05) is 47.5 Å². The summed E-state index contributed by atoms with van der Waals surface area (Å²) in [5, 5.41) is 3.83. The third-order valence-electron chi connectivity index (χ3n) is 6.29. The number of aromatic nitrogens is 2. The van der Waals surface area contributed by atoms with Crippen molar-refractivity contribution in [1.82, 2.24) is 14.9 Å². The van der Waals surface area contributed by atoms with E-state index in [1.165, 1.54) is 11.1 Å². The van der Waals surface area contributed by atoms with Crippen molar-refractivity contribution in [2.75, 3.05) is 5.32 Å². The highest BCUT2D eigenvalue weighted by Gasteiger charge is 2.35. The Morgan fingerprint density at radius 2 is 1.62 bits per heavy atom. The first kappa shape index (κ1) is 24.6. The molecule has 0 radical (unpaired) electrons. The summed E-state index contributed by atoms with van der Waals surface area (Å²) in [6.07, 6.45) is 1.48. The number of aryl methyl sites for hydroxylation is 1. The van der Waals surface area contributed by atoms with Crippen molar-refractivity contribution in [3.63, 3.8) is 0 Å². The number of amides is 3. The van der Waals surface area contributed by atoms with E-state index < -0.39 is 5.91 Å². The molecule has 4 aromatic rings. The van der Waals surface area contributed by atoms with Crippen LogP contribution in [0.25, 0.3) is 11.3 Å². The van der Waals surface area contributed by atoms with E-state index in [1.54, 1.807) is 48.5 Å². The zero-order chi connectivity index (χ0) is 26.3. The summed E-state index contributed by atoms with van der Waals surface area (Å²) in [5.74, 6) is -1.23. The Bertz CT molecular complexity index is 1570. The van der Waals surface area contributed by atoms with Crippen molar-refractivity contribution in [1.29, 1.82) is 0 Å². The molecule has 0 unspecified atom stereocenters. The first-order chi connectivity index (χ1) is 17.7. The van der Waals surface area contributed by atoms with Crippen LogP contribution >= 0.6 is 23.2 Å². The molecule has 1 aliphatic heterocycles. The molecule has 9 heteroatoms. The summed E-state index contributed by atoms with van der Waals surface area (Å²) in [7, 11) is 0. The number of hydrogen-bond acceptors (Lipinski definition) is 5. The maximum absolute atomic E-state index is 13.1. The van der Waals surface area contributed by atoms with Crippen molar-refractivity contribution in [2.45, 2.75) is 20.4 Å². The van der Waals surface area contributed by atoms with Gasteiger partial charge in [0.05, 0.1) is 28.4 Å². The Hall–Kier alpha value is -4.07. The van der Waals surface area contributed by atoms with E-state index >= 15 is 0 Å². The van der Waals surface area contributed by atoms with Crippen molar-refractivity contribution in [3.05, 3.63) is 111 Å². The smallest absolute Gasteiger partial charge is 0.293 e. The molecule has 1 aromatic heterocycles. The minimum absolute atomic E-state index is 0.0434. The van der Waals surface area contributed by atoms with E-state index in [2.05, 4.69) is 15.3 Å². The molecule has 0 saturated heterocycles. The Kier molecular flexibility index (Phi) is 6.50. The van der Waals surface area contributed by atoms with Gasteiger partial charge in [-0.05, 0) is 66.9 Å². The molecule has 184 valence electrons. The zero-order valence-electron chi connectivity index (χ0n) is 19.9. The summed E-state index contributed by atoms with van der Waals surface area (Å²) in [4.78, 5) is 48.5. The maximum Gasteiger partial charge on any atom is 0.293 e. The van der Waals surface area contributed by atoms with E-state index in [4.69, 9.17) is 23.2 Å². The largest absolute Gasteiger partial charge is 0.319 e. The van der Waals surface area contributed by atoms with Gasteiger partial charge in [-0.2, -0.15) is 0 Å². The summed E-state index contributed by atoms with van der Waals surface area (Å²) in [6.45, 7) is 3.77. The summed E-state index contributed by atoms with van der Waals surface area (Å²) < 4.78 is 0. The normalized spacial score (nSPS) is 12.6. The number of halogens is 2. The minimum atomic E-state index is -0.510. The van der Waals surface area contributed by atoms with E-state index in [0.29, 0.717) is 38.1 Å². The van der Waals surface area contributed by atoms with Gasteiger partial charge in [0.25, 0.3) is 17.7 Å². The number of imide groups is 1. The fourth-order valence-electron chi connectivity index (χ4n) is 4.29. The van der Waals surface area contributed by atoms with E-state index in [9.17, 15) is 14.4 Å². The van der Waals surface area contributed by atoms with Gasteiger partial charge in [0.2, 0.25) is 5.82 Å². The van der Waals surface area contributed by atoms with Crippen LogP contribution in [0.4, 0.5) is 5.69 Å². The lowest BCUT2D eigenvalue weighted by Gasteiger charge is -2.19. The van der Waals surface area contributed by atoms with Crippen LogP contribution in [-0.2, 0) is 6.54 Å². The van der Waals surface area contributed by atoms with Gasteiger partial charge in [-0.25, -0.2) is 9.97 Å². The highest BCUT2D eigenvalue weighted by molar-refractivity contribution is 6.35. The number of nitrogens with one attached hydrogen (secondary N) is 1. The molecule has 37 heavy (non-hydrogen) atoms. The minimum Gasteiger partial charge on any atom is -0.319 e. The molecule has 7 nitrogen and oxygen atoms in total. The number of fused-ring (bicyclic) bond motifs is 1. The molecule has 0 aliphatic carbocycles. The predicted octanol–water partition coefficient (Wildman–Crippen LogP) is 6.12. The SMILES string of the molecule is Cc1ccc(CN2C(=O)c3ccccc3C2=O)c(C)c1NC(=O)c1nccc(-c2cc(Cl)ccc2Cl)n1. The molecule has 5 rings (SSSR count). The van der Waals surface area contributed by atoms with Crippen LogP contribution in [0.2, 0.25) is 10.0 Å². The quantitative estimate of drug-likeness (QED) is 0.314. The lowest BCUT2D eigenvalue weighted by molar-refractivity contribution is 0.0641. The van der Waals surface area contributed by atoms with Crippen LogP contribution in [0.1, 0.15) is 48.0 Å². The van der Waals surface area contributed by atoms with Gasteiger partial charge in [0, 0.05) is 22.5 Å². The highest BCUT2D eigenvalue weighted by atomic mass is 35.5. The van der Waals surface area contributed by atoms with Crippen molar-refractivity contribution in [3.8, 4) is 11.3 Å². The third-order valence-corrected chi connectivity index (χ3v) is 6.86. The molecular weight excluding hydrogens is 511 g/mol. The predicted molar refractivity (Wildman–Crippen MR) is 142 cm³/mol. The Morgan fingerprint density at radius 3 is 2.32 bits per heavy atom.